The number of carbonyl (C=O) groups excluding carboxylic acids is 1. The molecule has 0 N–H and O–H groups in total. The molecule has 0 saturated carbocycles. The molecule has 6 aromatic rings. The first kappa shape index (κ1) is 55.6. The van der Waals surface area contributed by atoms with E-state index < -0.39 is 21.2 Å². The summed E-state index contributed by atoms with van der Waals surface area (Å²) in [7, 11) is -3.99. The molecule has 0 saturated heterocycles. The van der Waals surface area contributed by atoms with Crippen LogP contribution in [0.4, 0.5) is 0 Å². The van der Waals surface area contributed by atoms with E-state index in [-0.39, 0.29) is 43.9 Å². The van der Waals surface area contributed by atoms with Crippen molar-refractivity contribution in [1.29, 1.82) is 0 Å². The van der Waals surface area contributed by atoms with Crippen LogP contribution in [0.2, 0.25) is 0 Å². The van der Waals surface area contributed by atoms with Gasteiger partial charge >= 0.3 is 21.8 Å². The van der Waals surface area contributed by atoms with Crippen LogP contribution in [0.3, 0.4) is 0 Å². The molecule has 6 nitrogen and oxygen atoms in total. The van der Waals surface area contributed by atoms with Crippen molar-refractivity contribution in [3.8, 4) is 22.6 Å². The highest BCUT2D eigenvalue weighted by Gasteiger charge is 2.37. The van der Waals surface area contributed by atoms with Gasteiger partial charge in [0, 0.05) is 49.0 Å². The number of hydrogen-bond donors (Lipinski definition) is 0. The van der Waals surface area contributed by atoms with Gasteiger partial charge in [-0.25, -0.2) is 4.79 Å². The molecular formula is C63H84O6P2S. The molecule has 0 amide bonds. The first-order valence-corrected chi connectivity index (χ1v) is 29.4. The van der Waals surface area contributed by atoms with Crippen LogP contribution in [0.5, 0.6) is 11.5 Å². The summed E-state index contributed by atoms with van der Waals surface area (Å²) in [6.45, 7) is 54.2. The number of hydrogen-bond acceptors (Lipinski definition) is 7. The van der Waals surface area contributed by atoms with Gasteiger partial charge in [0.1, 0.15) is 22.7 Å². The number of benzene rings is 5. The SMILES string of the molecule is CC(C)(C)c1cc(-c2cc(C(C)(C)C)cc(C(C)(C)C)c2Op2oc3c(C(C)(C)C)cc(C(C)(C)C)cc3c3cc(C(C)(C)C)cc(C(C)(C)C)c3o2)c(OP2OC(=O)c3ccccc3S2)c(C(C)(C)C)c1. The molecule has 0 spiro atoms. The fourth-order valence-corrected chi connectivity index (χ4v) is 13.0. The summed E-state index contributed by atoms with van der Waals surface area (Å²) in [5.41, 5.74) is 10.7. The molecule has 72 heavy (non-hydrogen) atoms. The second-order valence-electron chi connectivity index (χ2n) is 28.4. The lowest BCUT2D eigenvalue weighted by molar-refractivity contribution is 0.0740. The van der Waals surface area contributed by atoms with Gasteiger partial charge < -0.3 is 22.0 Å². The topological polar surface area (TPSA) is 71.0 Å². The lowest BCUT2D eigenvalue weighted by Gasteiger charge is -2.33. The second-order valence-corrected chi connectivity index (χ2v) is 32.3. The minimum absolute atomic E-state index is 0.143. The van der Waals surface area contributed by atoms with Crippen molar-refractivity contribution in [2.75, 3.05) is 0 Å². The molecule has 2 heterocycles. The molecule has 1 atom stereocenters. The van der Waals surface area contributed by atoms with Crippen LogP contribution in [0.1, 0.15) is 221 Å². The lowest BCUT2D eigenvalue weighted by atomic mass is 9.75. The van der Waals surface area contributed by atoms with E-state index >= 15 is 0 Å². The third-order valence-corrected chi connectivity index (χ3v) is 17.6. The third-order valence-electron chi connectivity index (χ3n) is 13.7. The minimum atomic E-state index is -2.19. The Balaban J connectivity index is 1.68. The first-order valence-electron chi connectivity index (χ1n) is 25.7. The maximum absolute atomic E-state index is 13.7. The van der Waals surface area contributed by atoms with Gasteiger partial charge in [-0.05, 0) is 113 Å². The van der Waals surface area contributed by atoms with E-state index in [0.717, 1.165) is 71.3 Å². The molecule has 0 bridgehead atoms. The van der Waals surface area contributed by atoms with Gasteiger partial charge in [-0.2, -0.15) is 0 Å². The smallest absolute Gasteiger partial charge is 0.430 e. The zero-order valence-electron chi connectivity index (χ0n) is 48.2. The maximum Gasteiger partial charge on any atom is 0.453 e. The summed E-state index contributed by atoms with van der Waals surface area (Å²) < 4.78 is 36.2. The summed E-state index contributed by atoms with van der Waals surface area (Å²) in [5, 5.41) is 2.03. The normalized spacial score (nSPS) is 15.4. The highest BCUT2D eigenvalue weighted by Crippen LogP contribution is 2.63. The van der Waals surface area contributed by atoms with Crippen molar-refractivity contribution < 1.29 is 26.8 Å². The van der Waals surface area contributed by atoms with Crippen molar-refractivity contribution in [3.05, 3.63) is 123 Å². The van der Waals surface area contributed by atoms with Crippen LogP contribution in [0.25, 0.3) is 33.1 Å². The maximum atomic E-state index is 13.7. The number of rotatable bonds is 5. The Morgan fingerprint density at radius 1 is 0.403 bits per heavy atom. The Bertz CT molecular complexity index is 3030. The number of carbonyl (C=O) groups is 1. The predicted molar refractivity (Wildman–Crippen MR) is 309 cm³/mol. The molecule has 1 aliphatic rings. The average molecular weight is 1030 g/mol. The summed E-state index contributed by atoms with van der Waals surface area (Å²) in [5.74, 6) is 0.952. The van der Waals surface area contributed by atoms with Crippen LogP contribution in [-0.4, -0.2) is 5.97 Å². The third kappa shape index (κ3) is 11.5. The van der Waals surface area contributed by atoms with Crippen LogP contribution in [-0.2, 0) is 47.8 Å². The highest BCUT2D eigenvalue weighted by molar-refractivity contribution is 8.53. The molecular weight excluding hydrogens is 947 g/mol. The molecule has 1 aromatic heterocycles. The second kappa shape index (κ2) is 18.6. The van der Waals surface area contributed by atoms with E-state index in [1.54, 1.807) is 0 Å². The molecule has 0 aliphatic carbocycles. The van der Waals surface area contributed by atoms with Gasteiger partial charge in [0.15, 0.2) is 0 Å². The van der Waals surface area contributed by atoms with Crippen molar-refractivity contribution in [2.24, 2.45) is 0 Å². The summed E-state index contributed by atoms with van der Waals surface area (Å²) >= 11 is 1.47. The van der Waals surface area contributed by atoms with E-state index in [2.05, 4.69) is 215 Å². The van der Waals surface area contributed by atoms with E-state index in [0.29, 0.717) is 17.1 Å². The monoisotopic (exact) mass is 1030 g/mol. The van der Waals surface area contributed by atoms with Crippen LogP contribution >= 0.6 is 27.2 Å². The Labute approximate surface area is 439 Å². The zero-order valence-corrected chi connectivity index (χ0v) is 50.8. The predicted octanol–water partition coefficient (Wildman–Crippen LogP) is 20.7. The quantitative estimate of drug-likeness (QED) is 0.159. The van der Waals surface area contributed by atoms with Crippen LogP contribution in [0, 0.1) is 0 Å². The molecule has 0 fully saturated rings. The summed E-state index contributed by atoms with van der Waals surface area (Å²) in [4.78, 5) is 14.5. The molecule has 1 aliphatic heterocycles. The van der Waals surface area contributed by atoms with Gasteiger partial charge in [0.05, 0.1) is 5.56 Å². The summed E-state index contributed by atoms with van der Waals surface area (Å²) in [6.07, 6.45) is 0. The van der Waals surface area contributed by atoms with Crippen molar-refractivity contribution in [2.45, 2.75) is 214 Å². The van der Waals surface area contributed by atoms with Crippen LogP contribution < -0.4 is 9.05 Å². The van der Waals surface area contributed by atoms with Gasteiger partial charge in [-0.3, -0.25) is 0 Å². The van der Waals surface area contributed by atoms with E-state index in [4.69, 9.17) is 22.0 Å². The Kier molecular flexibility index (Phi) is 14.4. The lowest BCUT2D eigenvalue weighted by Crippen LogP contribution is -2.20. The van der Waals surface area contributed by atoms with Gasteiger partial charge in [0.2, 0.25) is 0 Å². The molecule has 0 radical (unpaired) electrons. The Morgan fingerprint density at radius 3 is 1.12 bits per heavy atom. The van der Waals surface area contributed by atoms with E-state index in [1.807, 2.05) is 24.3 Å². The Hall–Kier alpha value is -4.15. The minimum Gasteiger partial charge on any atom is -0.430 e. The van der Waals surface area contributed by atoms with Gasteiger partial charge in [0.25, 0.3) is 0 Å². The standard InChI is InChI=1S/C63H84O6P2S/c1-56(2,3)37-29-42-43-30-38(57(4,5)6)34-47(61(16,17)18)52(43)66-70(65-51(42)46(33-37)60(13,14)15)67-53-44(31-39(58(7,8)9)35-48(53)62(19,20)21)45-32-40(59(10,11)12)36-49(63(22,23)24)54(45)68-71-69-55(64)41-27-25-26-28-50(41)72-71/h25-36H,1-24H3. The molecule has 5 aromatic carbocycles. The largest absolute Gasteiger partial charge is 0.453 e. The fourth-order valence-electron chi connectivity index (χ4n) is 8.99. The first-order chi connectivity index (χ1) is 32.6. The molecule has 7 rings (SSSR count). The molecule has 388 valence electrons. The van der Waals surface area contributed by atoms with Gasteiger partial charge in [-0.15, -0.1) is 0 Å². The molecule has 1 unspecified atom stereocenters. The Morgan fingerprint density at radius 2 is 0.750 bits per heavy atom. The van der Waals surface area contributed by atoms with Crippen molar-refractivity contribution in [1.82, 2.24) is 0 Å². The van der Waals surface area contributed by atoms with E-state index in [9.17, 15) is 4.79 Å². The van der Waals surface area contributed by atoms with Crippen molar-refractivity contribution in [3.63, 3.8) is 0 Å². The van der Waals surface area contributed by atoms with E-state index in [1.165, 1.54) is 22.5 Å². The number of fused-ring (bicyclic) bond motifs is 4. The average Bonchev–Trinajstić information content (AvgIpc) is 3.36. The zero-order chi connectivity index (χ0) is 53.9. The summed E-state index contributed by atoms with van der Waals surface area (Å²) in [6, 6.07) is 26.1. The highest BCUT2D eigenvalue weighted by atomic mass is 32.7. The molecule has 9 heteroatoms. The van der Waals surface area contributed by atoms with Crippen LogP contribution in [0.15, 0.2) is 86.1 Å². The van der Waals surface area contributed by atoms with Gasteiger partial charge in [-0.1, -0.05) is 203 Å². The fraction of sp³-hybridized carbons (Fsp3) is 0.508. The van der Waals surface area contributed by atoms with Crippen molar-refractivity contribution >= 4 is 55.1 Å².